The Bertz CT molecular complexity index is 260. The smallest absolute Gasteiger partial charge is 0.317 e. The van der Waals surface area contributed by atoms with Crippen LogP contribution in [0.15, 0.2) is 12.7 Å². The maximum absolute atomic E-state index is 11.9. The van der Waals surface area contributed by atoms with Crippen LogP contribution in [0.2, 0.25) is 0 Å². The molecule has 0 radical (unpaired) electrons. The van der Waals surface area contributed by atoms with Gasteiger partial charge in [-0.15, -0.1) is 6.58 Å². The molecule has 0 aliphatic carbocycles. The van der Waals surface area contributed by atoms with Gasteiger partial charge < -0.3 is 14.2 Å². The summed E-state index contributed by atoms with van der Waals surface area (Å²) >= 11 is 0. The van der Waals surface area contributed by atoms with Crippen LogP contribution < -0.4 is 0 Å². The van der Waals surface area contributed by atoms with Crippen molar-refractivity contribution in [1.29, 1.82) is 0 Å². The number of carbonyl (C=O) groups is 1. The molecule has 1 heterocycles. The highest BCUT2D eigenvalue weighted by molar-refractivity contribution is 5.77. The highest BCUT2D eigenvalue weighted by atomic mass is 16.7. The minimum Gasteiger partial charge on any atom is -0.465 e. The van der Waals surface area contributed by atoms with E-state index in [1.54, 1.807) is 13.0 Å². The maximum Gasteiger partial charge on any atom is 0.317 e. The van der Waals surface area contributed by atoms with Crippen LogP contribution in [0.3, 0.4) is 0 Å². The predicted octanol–water partition coefficient (Wildman–Crippen LogP) is 1.89. The van der Waals surface area contributed by atoms with E-state index in [4.69, 9.17) is 14.2 Å². The Morgan fingerprint density at radius 3 is 2.44 bits per heavy atom. The molecule has 0 unspecified atom stereocenters. The predicted molar refractivity (Wildman–Crippen MR) is 59.9 cm³/mol. The fourth-order valence-electron chi connectivity index (χ4n) is 1.59. The highest BCUT2D eigenvalue weighted by Crippen LogP contribution is 2.34. The molecule has 1 aliphatic heterocycles. The van der Waals surface area contributed by atoms with Gasteiger partial charge in [0.1, 0.15) is 5.41 Å². The van der Waals surface area contributed by atoms with E-state index in [1.165, 1.54) is 0 Å². The lowest BCUT2D eigenvalue weighted by Gasteiger charge is -2.41. The van der Waals surface area contributed by atoms with E-state index in [1.807, 2.05) is 13.8 Å². The Morgan fingerprint density at radius 2 is 2.00 bits per heavy atom. The summed E-state index contributed by atoms with van der Waals surface area (Å²) in [6.45, 7) is 10.1. The second-order valence-electron chi connectivity index (χ2n) is 4.47. The lowest BCUT2D eigenvalue weighted by atomic mass is 9.85. The third-order valence-corrected chi connectivity index (χ3v) is 2.64. The first-order valence-electron chi connectivity index (χ1n) is 5.52. The van der Waals surface area contributed by atoms with E-state index in [2.05, 4.69) is 6.58 Å². The van der Waals surface area contributed by atoms with Crippen molar-refractivity contribution in [3.63, 3.8) is 0 Å². The summed E-state index contributed by atoms with van der Waals surface area (Å²) in [5, 5.41) is 0. The number of allylic oxidation sites excluding steroid dienone is 1. The van der Waals surface area contributed by atoms with Crippen molar-refractivity contribution in [1.82, 2.24) is 0 Å². The number of hydrogen-bond donors (Lipinski definition) is 0. The van der Waals surface area contributed by atoms with Crippen LogP contribution in [-0.4, -0.2) is 31.6 Å². The van der Waals surface area contributed by atoms with Crippen LogP contribution in [0.1, 0.15) is 27.2 Å². The topological polar surface area (TPSA) is 44.8 Å². The first-order valence-corrected chi connectivity index (χ1v) is 5.52. The Labute approximate surface area is 96.6 Å². The minimum atomic E-state index is -0.729. The van der Waals surface area contributed by atoms with Gasteiger partial charge in [0.2, 0.25) is 0 Å². The molecule has 16 heavy (non-hydrogen) atoms. The molecule has 0 bridgehead atoms. The molecule has 92 valence electrons. The van der Waals surface area contributed by atoms with Crippen molar-refractivity contribution in [2.75, 3.05) is 19.8 Å². The van der Waals surface area contributed by atoms with Crippen LogP contribution >= 0.6 is 0 Å². The Kier molecular flexibility index (Phi) is 4.10. The van der Waals surface area contributed by atoms with Gasteiger partial charge in [0.05, 0.1) is 19.8 Å². The van der Waals surface area contributed by atoms with Crippen LogP contribution in [0, 0.1) is 5.41 Å². The quantitative estimate of drug-likeness (QED) is 0.544. The third-order valence-electron chi connectivity index (χ3n) is 2.64. The van der Waals surface area contributed by atoms with E-state index < -0.39 is 11.2 Å². The largest absolute Gasteiger partial charge is 0.465 e. The summed E-state index contributed by atoms with van der Waals surface area (Å²) in [5.41, 5.74) is -0.729. The highest BCUT2D eigenvalue weighted by Gasteiger charge is 2.46. The van der Waals surface area contributed by atoms with Crippen LogP contribution in [-0.2, 0) is 19.0 Å². The van der Waals surface area contributed by atoms with E-state index in [0.29, 0.717) is 26.2 Å². The number of ether oxygens (including phenoxy) is 3. The molecule has 4 heteroatoms. The van der Waals surface area contributed by atoms with E-state index in [0.717, 1.165) is 0 Å². The zero-order chi connectivity index (χ0) is 12.2. The van der Waals surface area contributed by atoms with Gasteiger partial charge in [-0.25, -0.2) is 0 Å². The Morgan fingerprint density at radius 1 is 1.44 bits per heavy atom. The van der Waals surface area contributed by atoms with E-state index >= 15 is 0 Å². The molecule has 1 fully saturated rings. The summed E-state index contributed by atoms with van der Waals surface area (Å²) in [5.74, 6) is -0.901. The second kappa shape index (κ2) is 4.97. The molecule has 4 nitrogen and oxygen atoms in total. The molecule has 0 aromatic rings. The van der Waals surface area contributed by atoms with E-state index in [9.17, 15) is 4.79 Å². The van der Waals surface area contributed by atoms with Gasteiger partial charge in [0.25, 0.3) is 0 Å². The minimum absolute atomic E-state index is 0.273. The van der Waals surface area contributed by atoms with Crippen molar-refractivity contribution in [2.45, 2.75) is 33.0 Å². The number of esters is 1. The summed E-state index contributed by atoms with van der Waals surface area (Å²) in [6, 6.07) is 0. The Hall–Kier alpha value is -0.870. The number of rotatable bonds is 4. The normalized spacial score (nSPS) is 22.4. The first kappa shape index (κ1) is 13.2. The van der Waals surface area contributed by atoms with Crippen LogP contribution in [0.25, 0.3) is 0 Å². The molecule has 0 N–H and O–H groups in total. The lowest BCUT2D eigenvalue weighted by Crippen LogP contribution is -2.51. The van der Waals surface area contributed by atoms with Crippen LogP contribution in [0.5, 0.6) is 0 Å². The third kappa shape index (κ3) is 2.83. The van der Waals surface area contributed by atoms with Crippen molar-refractivity contribution < 1.29 is 19.0 Å². The second-order valence-corrected chi connectivity index (χ2v) is 4.47. The molecule has 1 saturated heterocycles. The van der Waals surface area contributed by atoms with Crippen molar-refractivity contribution in [3.8, 4) is 0 Å². The standard InChI is InChI=1S/C12H20O4/c1-5-7-12(10(13)14-6-2)8-15-11(3,4)16-9-12/h5H,1,6-9H2,2-4H3. The summed E-state index contributed by atoms with van der Waals surface area (Å²) in [4.78, 5) is 11.9. The number of carbonyl (C=O) groups excluding carboxylic acids is 1. The zero-order valence-corrected chi connectivity index (χ0v) is 10.2. The monoisotopic (exact) mass is 228 g/mol. The molecule has 0 aromatic carbocycles. The fourth-order valence-corrected chi connectivity index (χ4v) is 1.59. The van der Waals surface area contributed by atoms with Gasteiger partial charge in [0.15, 0.2) is 5.79 Å². The molecule has 0 atom stereocenters. The molecule has 1 rings (SSSR count). The molecule has 0 amide bonds. The van der Waals surface area contributed by atoms with E-state index in [-0.39, 0.29) is 5.97 Å². The average molecular weight is 228 g/mol. The SMILES string of the molecule is C=CCC1(C(=O)OCC)COC(C)(C)OC1. The molecule has 0 spiro atoms. The van der Waals surface area contributed by atoms with Gasteiger partial charge in [-0.05, 0) is 27.2 Å². The molecule has 0 saturated carbocycles. The summed E-state index contributed by atoms with van der Waals surface area (Å²) in [6.07, 6.45) is 2.20. The van der Waals surface area contributed by atoms with Crippen molar-refractivity contribution in [3.05, 3.63) is 12.7 Å². The van der Waals surface area contributed by atoms with Gasteiger partial charge in [-0.2, -0.15) is 0 Å². The van der Waals surface area contributed by atoms with Crippen molar-refractivity contribution >= 4 is 5.97 Å². The average Bonchev–Trinajstić information content (AvgIpc) is 2.22. The lowest BCUT2D eigenvalue weighted by molar-refractivity contribution is -0.283. The van der Waals surface area contributed by atoms with Gasteiger partial charge in [-0.3, -0.25) is 4.79 Å². The molecular formula is C12H20O4. The maximum atomic E-state index is 11.9. The molecule has 0 aromatic heterocycles. The molecular weight excluding hydrogens is 208 g/mol. The Balaban J connectivity index is 2.75. The summed E-state index contributed by atoms with van der Waals surface area (Å²) in [7, 11) is 0. The first-order chi connectivity index (χ1) is 7.46. The van der Waals surface area contributed by atoms with Gasteiger partial charge in [0, 0.05) is 0 Å². The van der Waals surface area contributed by atoms with Crippen LogP contribution in [0.4, 0.5) is 0 Å². The molecule has 1 aliphatic rings. The fraction of sp³-hybridized carbons (Fsp3) is 0.750. The van der Waals surface area contributed by atoms with Gasteiger partial charge >= 0.3 is 5.97 Å². The van der Waals surface area contributed by atoms with Gasteiger partial charge in [-0.1, -0.05) is 6.08 Å². The number of hydrogen-bond acceptors (Lipinski definition) is 4. The summed E-state index contributed by atoms with van der Waals surface area (Å²) < 4.78 is 16.1. The zero-order valence-electron chi connectivity index (χ0n) is 10.2. The van der Waals surface area contributed by atoms with Crippen molar-refractivity contribution in [2.24, 2.45) is 5.41 Å².